The molecule has 0 aromatic heterocycles. The lowest BCUT2D eigenvalue weighted by Gasteiger charge is -2.21. The highest BCUT2D eigenvalue weighted by Gasteiger charge is 2.29. The van der Waals surface area contributed by atoms with Crippen LogP contribution in [-0.4, -0.2) is 95.9 Å². The van der Waals surface area contributed by atoms with E-state index >= 15 is 0 Å². The largest absolute Gasteiger partial charge is 0.472 e. The number of esters is 3. The molecule has 0 aliphatic rings. The Labute approximate surface area is 638 Å². The summed E-state index contributed by atoms with van der Waals surface area (Å²) in [6.45, 7) is 2.41. The first-order valence-corrected chi connectivity index (χ1v) is 44.1. The molecule has 0 amide bonds. The lowest BCUT2D eigenvalue weighted by atomic mass is 10.0. The van der Waals surface area contributed by atoms with Crippen LogP contribution in [0.2, 0.25) is 0 Å². The van der Waals surface area contributed by atoms with Crippen LogP contribution in [0, 0.1) is 0 Å². The molecule has 16 nitrogen and oxygen atoms in total. The van der Waals surface area contributed by atoms with E-state index in [9.17, 15) is 43.5 Å². The summed E-state index contributed by atoms with van der Waals surface area (Å²) >= 11 is 0. The number of hydrogen-bond acceptors (Lipinski definition) is 14. The zero-order valence-electron chi connectivity index (χ0n) is 65.9. The van der Waals surface area contributed by atoms with Gasteiger partial charge in [0.1, 0.15) is 25.4 Å². The summed E-state index contributed by atoms with van der Waals surface area (Å²) in [5.41, 5.74) is 0. The van der Waals surface area contributed by atoms with Crippen molar-refractivity contribution in [2.45, 2.75) is 347 Å². The van der Waals surface area contributed by atoms with Gasteiger partial charge in [-0.2, -0.15) is 0 Å². The molecule has 0 radical (unpaired) electrons. The van der Waals surface area contributed by atoms with Crippen LogP contribution in [0.25, 0.3) is 0 Å². The van der Waals surface area contributed by atoms with E-state index in [1.807, 2.05) is 0 Å². The van der Waals surface area contributed by atoms with E-state index in [1.165, 1.54) is 109 Å². The van der Waals surface area contributed by atoms with Crippen molar-refractivity contribution in [2.24, 2.45) is 0 Å². The van der Waals surface area contributed by atoms with Crippen LogP contribution < -0.4 is 0 Å². The Morgan fingerprint density at radius 2 is 0.505 bits per heavy atom. The molecule has 4 N–H and O–H groups in total. The highest BCUT2D eigenvalue weighted by Crippen LogP contribution is 2.45. The number of unbranched alkanes of at least 4 members (excludes halogenated alkanes) is 30. The number of aliphatic hydroxyl groups is 2. The van der Waals surface area contributed by atoms with E-state index < -0.39 is 91.5 Å². The van der Waals surface area contributed by atoms with Gasteiger partial charge in [-0.1, -0.05) is 314 Å². The first-order valence-electron chi connectivity index (χ1n) is 41.1. The van der Waals surface area contributed by atoms with E-state index in [1.54, 1.807) is 0 Å². The van der Waals surface area contributed by atoms with Gasteiger partial charge in [-0.05, 0) is 141 Å². The van der Waals surface area contributed by atoms with Gasteiger partial charge in [0.25, 0.3) is 0 Å². The molecule has 602 valence electrons. The Morgan fingerprint density at radius 3 is 0.800 bits per heavy atom. The van der Waals surface area contributed by atoms with E-state index in [0.717, 1.165) is 161 Å². The standard InChI is InChI=1S/C87H148O16P2/c1-4-7-10-13-16-19-22-25-28-30-32-34-36-38-39-40-41-43-45-46-48-50-53-55-58-61-64-67-70-73-85(90)97-76-82(88)77-99-104(93,94)100-78-83(89)79-101-105(95,96)102-81-84(103-87(92)75-72-69-66-63-60-57-52-27-24-21-18-15-12-9-6-3)80-98-86(91)74-71-68-65-62-59-56-54-51-49-47-44-42-37-35-33-31-29-26-23-20-17-14-11-8-5-2/h8-9,11-12,16-21,25-29,32-35,38-39,42,44,52,82-84,88-89H,4-7,10,13-15,22-24,30-31,36-37,40-41,43,45-51,53-81H2,1-3H3,(H,93,94)(H,95,96)/b11-8-,12-9-,19-16-,20-17-,21-18-,28-25-,29-26-,34-32-,35-33-,39-38-,44-42-,52-27-. The molecule has 0 aromatic carbocycles. The molecular formula is C87H148O16P2. The highest BCUT2D eigenvalue weighted by molar-refractivity contribution is 7.47. The summed E-state index contributed by atoms with van der Waals surface area (Å²) in [5, 5.41) is 20.7. The minimum absolute atomic E-state index is 0.0801. The third-order valence-electron chi connectivity index (χ3n) is 17.0. The Morgan fingerprint density at radius 1 is 0.276 bits per heavy atom. The smallest absolute Gasteiger partial charge is 0.463 e. The number of allylic oxidation sites excluding steroid dienone is 24. The number of phosphoric acid groups is 2. The molecule has 0 fully saturated rings. The normalized spacial score (nSPS) is 14.7. The van der Waals surface area contributed by atoms with Crippen molar-refractivity contribution in [1.82, 2.24) is 0 Å². The van der Waals surface area contributed by atoms with Gasteiger partial charge in [-0.25, -0.2) is 9.13 Å². The first-order chi connectivity index (χ1) is 51.2. The quantitative estimate of drug-likeness (QED) is 0.0146. The Hall–Kier alpha value is -4.57. The lowest BCUT2D eigenvalue weighted by Crippen LogP contribution is -2.30. The second kappa shape index (κ2) is 79.0. The topological polar surface area (TPSA) is 231 Å². The molecule has 0 saturated carbocycles. The summed E-state index contributed by atoms with van der Waals surface area (Å²) in [4.78, 5) is 58.7. The summed E-state index contributed by atoms with van der Waals surface area (Å²) in [6, 6.07) is 0. The van der Waals surface area contributed by atoms with Crippen LogP contribution in [0.4, 0.5) is 0 Å². The fourth-order valence-corrected chi connectivity index (χ4v) is 12.4. The van der Waals surface area contributed by atoms with Crippen LogP contribution in [0.15, 0.2) is 146 Å². The molecule has 0 rings (SSSR count). The molecular weight excluding hydrogens is 1360 g/mol. The Balaban J connectivity index is 4.54. The van der Waals surface area contributed by atoms with Crippen molar-refractivity contribution in [1.29, 1.82) is 0 Å². The van der Waals surface area contributed by atoms with Gasteiger partial charge in [0.15, 0.2) is 6.10 Å². The first kappa shape index (κ1) is 100. The number of hydrogen-bond donors (Lipinski definition) is 4. The van der Waals surface area contributed by atoms with Crippen LogP contribution in [0.5, 0.6) is 0 Å². The molecule has 0 spiro atoms. The van der Waals surface area contributed by atoms with Gasteiger partial charge in [0.2, 0.25) is 0 Å². The van der Waals surface area contributed by atoms with E-state index in [-0.39, 0.29) is 19.3 Å². The zero-order chi connectivity index (χ0) is 76.6. The number of carbonyl (C=O) groups is 3. The molecule has 0 aliphatic carbocycles. The third kappa shape index (κ3) is 80.3. The van der Waals surface area contributed by atoms with Gasteiger partial charge in [-0.3, -0.25) is 32.5 Å². The second-order valence-corrected chi connectivity index (χ2v) is 30.1. The van der Waals surface area contributed by atoms with Gasteiger partial charge < -0.3 is 34.2 Å². The summed E-state index contributed by atoms with van der Waals surface area (Å²) in [5.74, 6) is -1.60. The molecule has 5 atom stereocenters. The number of phosphoric ester groups is 2. The van der Waals surface area contributed by atoms with Gasteiger partial charge in [0.05, 0.1) is 26.4 Å². The molecule has 18 heteroatoms. The van der Waals surface area contributed by atoms with Crippen molar-refractivity contribution in [3.63, 3.8) is 0 Å². The van der Waals surface area contributed by atoms with E-state index in [2.05, 4.69) is 167 Å². The Bertz CT molecular complexity index is 2490. The molecule has 0 aromatic rings. The second-order valence-electron chi connectivity index (χ2n) is 27.2. The maximum Gasteiger partial charge on any atom is 0.472 e. The highest BCUT2D eigenvalue weighted by atomic mass is 31.2. The van der Waals surface area contributed by atoms with Crippen LogP contribution in [-0.2, 0) is 55.8 Å². The van der Waals surface area contributed by atoms with E-state index in [4.69, 9.17) is 32.3 Å². The molecule has 0 saturated heterocycles. The minimum Gasteiger partial charge on any atom is -0.463 e. The lowest BCUT2D eigenvalue weighted by molar-refractivity contribution is -0.161. The van der Waals surface area contributed by atoms with Crippen molar-refractivity contribution in [2.75, 3.05) is 39.6 Å². The number of aliphatic hydroxyl groups excluding tert-OH is 2. The Kier molecular flexibility index (Phi) is 75.6. The average molecular weight is 1510 g/mol. The number of ether oxygens (including phenoxy) is 3. The predicted octanol–water partition coefficient (Wildman–Crippen LogP) is 24.4. The molecule has 0 bridgehead atoms. The molecule has 5 unspecified atom stereocenters. The van der Waals surface area contributed by atoms with Crippen LogP contribution in [0.3, 0.4) is 0 Å². The van der Waals surface area contributed by atoms with Crippen molar-refractivity contribution >= 4 is 33.6 Å². The van der Waals surface area contributed by atoms with Gasteiger partial charge >= 0.3 is 33.6 Å². The van der Waals surface area contributed by atoms with Crippen molar-refractivity contribution in [3.05, 3.63) is 146 Å². The molecule has 0 aliphatic heterocycles. The van der Waals surface area contributed by atoms with Crippen LogP contribution >= 0.6 is 15.6 Å². The van der Waals surface area contributed by atoms with E-state index in [0.29, 0.717) is 19.3 Å². The molecule has 0 heterocycles. The predicted molar refractivity (Wildman–Crippen MR) is 436 cm³/mol. The van der Waals surface area contributed by atoms with Gasteiger partial charge in [0, 0.05) is 19.3 Å². The fourth-order valence-electron chi connectivity index (χ4n) is 10.8. The summed E-state index contributed by atoms with van der Waals surface area (Å²) < 4.78 is 61.2. The average Bonchev–Trinajstić information content (AvgIpc) is 1.01. The van der Waals surface area contributed by atoms with Crippen molar-refractivity contribution in [3.8, 4) is 0 Å². The van der Waals surface area contributed by atoms with Crippen molar-refractivity contribution < 1.29 is 75.8 Å². The summed E-state index contributed by atoms with van der Waals surface area (Å²) in [6.07, 6.45) is 97.5. The maximum absolute atomic E-state index is 13.0. The fraction of sp³-hybridized carbons (Fsp3) is 0.690. The maximum atomic E-state index is 13.0. The summed E-state index contributed by atoms with van der Waals surface area (Å²) in [7, 11) is -9.80. The third-order valence-corrected chi connectivity index (χ3v) is 18.9. The minimum atomic E-state index is -4.94. The van der Waals surface area contributed by atoms with Crippen LogP contribution in [0.1, 0.15) is 329 Å². The molecule has 105 heavy (non-hydrogen) atoms. The number of rotatable bonds is 77. The zero-order valence-corrected chi connectivity index (χ0v) is 67.6. The van der Waals surface area contributed by atoms with Gasteiger partial charge in [-0.15, -0.1) is 0 Å². The SMILES string of the molecule is CC/C=C\C/C=C\C/C=C\C/C=C\C/C=C\CCCCCCCCCCCC(=O)OCC(COP(=O)(O)OCC(O)COP(=O)(O)OCC(O)COC(=O)CCCCCCCCCCCCCCC/C=C\C/C=C\C/C=C\C/C=C\CCCCC)OC(=O)CCCCCCC/C=C\C/C=C\C/C=C\CC. The number of carbonyl (C=O) groups excluding carboxylic acids is 3. The monoisotopic (exact) mass is 1510 g/mol.